The first-order valence-electron chi connectivity index (χ1n) is 6.14. The van der Waals surface area contributed by atoms with Crippen molar-refractivity contribution in [3.05, 3.63) is 24.8 Å². The Morgan fingerprint density at radius 3 is 2.84 bits per heavy atom. The summed E-state index contributed by atoms with van der Waals surface area (Å²) in [6.07, 6.45) is 1.91. The molecule has 1 aromatic rings. The molecule has 0 aromatic heterocycles. The van der Waals surface area contributed by atoms with Gasteiger partial charge in [-0.2, -0.15) is 0 Å². The largest absolute Gasteiger partial charge is 0.506 e. The molecule has 1 unspecified atom stereocenters. The van der Waals surface area contributed by atoms with Gasteiger partial charge in [0.2, 0.25) is 0 Å². The molecule has 4 nitrogen and oxygen atoms in total. The monoisotopic (exact) mass is 488 g/mol. The first-order valence-corrected chi connectivity index (χ1v) is 8.30. The lowest BCUT2D eigenvalue weighted by Crippen LogP contribution is -2.90. The molecule has 1 fully saturated rings. The van der Waals surface area contributed by atoms with E-state index < -0.39 is 11.6 Å². The van der Waals surface area contributed by atoms with Crippen molar-refractivity contribution < 1.29 is 20.0 Å². The van der Waals surface area contributed by atoms with E-state index in [0.29, 0.717) is 3.57 Å². The van der Waals surface area contributed by atoms with Gasteiger partial charge in [0.15, 0.2) is 5.60 Å². The minimum atomic E-state index is -0.438. The van der Waals surface area contributed by atoms with Crippen molar-refractivity contribution in [1.29, 1.82) is 0 Å². The topological polar surface area (TPSA) is 63.1 Å². The van der Waals surface area contributed by atoms with Crippen molar-refractivity contribution in [2.45, 2.75) is 25.4 Å². The second-order valence-corrected chi connectivity index (χ2v) is 7.42. The third-order valence-electron chi connectivity index (χ3n) is 3.28. The number of ether oxygens (including phenoxy) is 1. The molecule has 1 aliphatic rings. The lowest BCUT2D eigenvalue weighted by atomic mass is 9.96. The van der Waals surface area contributed by atoms with Gasteiger partial charge in [-0.15, -0.1) is 0 Å². The van der Waals surface area contributed by atoms with E-state index in [-0.39, 0.29) is 11.3 Å². The summed E-state index contributed by atoms with van der Waals surface area (Å²) in [5.41, 5.74) is -0.183. The van der Waals surface area contributed by atoms with Crippen molar-refractivity contribution in [1.82, 2.24) is 0 Å². The van der Waals surface area contributed by atoms with Crippen molar-refractivity contribution in [2.24, 2.45) is 0 Å². The fourth-order valence-electron chi connectivity index (χ4n) is 2.22. The predicted molar refractivity (Wildman–Crippen MR) is 88.3 cm³/mol. The molecule has 3 N–H and O–H groups in total. The van der Waals surface area contributed by atoms with Crippen LogP contribution in [-0.4, -0.2) is 29.8 Å². The summed E-state index contributed by atoms with van der Waals surface area (Å²) >= 11 is 4.14. The summed E-state index contributed by atoms with van der Waals surface area (Å²) in [7, 11) is 0. The predicted octanol–water partition coefficient (Wildman–Crippen LogP) is 1.87. The summed E-state index contributed by atoms with van der Waals surface area (Å²) in [5, 5.41) is 12.1. The SMILES string of the molecule is CC1(OC(=O)c2cc(I)cc(I)c2O)CCC[NH2+]C1. The zero-order chi connectivity index (χ0) is 14.0. The second-order valence-electron chi connectivity index (χ2n) is 5.01. The highest BCUT2D eigenvalue weighted by atomic mass is 127. The van der Waals surface area contributed by atoms with Crippen LogP contribution in [-0.2, 0) is 4.74 Å². The molecular formula is C13H16I2NO3+. The molecule has 1 saturated heterocycles. The maximum atomic E-state index is 12.2. The van der Waals surface area contributed by atoms with E-state index in [9.17, 15) is 9.90 Å². The van der Waals surface area contributed by atoms with E-state index in [4.69, 9.17) is 4.74 Å². The smallest absolute Gasteiger partial charge is 0.342 e. The molecule has 1 atom stereocenters. The van der Waals surface area contributed by atoms with Gasteiger partial charge in [-0.3, -0.25) is 0 Å². The number of esters is 1. The standard InChI is InChI=1S/C13H15I2NO3/c1-13(3-2-4-16-7-13)19-12(18)9-5-8(14)6-10(15)11(9)17/h5-6,16-17H,2-4,7H2,1H3/p+1. The van der Waals surface area contributed by atoms with Gasteiger partial charge in [-0.25, -0.2) is 4.79 Å². The number of halogens is 2. The Kier molecular flexibility index (Phi) is 4.93. The molecule has 6 heteroatoms. The second kappa shape index (κ2) is 6.13. The molecule has 0 spiro atoms. The van der Waals surface area contributed by atoms with Crippen LogP contribution in [0.1, 0.15) is 30.1 Å². The maximum Gasteiger partial charge on any atom is 0.342 e. The van der Waals surface area contributed by atoms with Gasteiger partial charge in [0.25, 0.3) is 0 Å². The molecule has 2 rings (SSSR count). The molecule has 1 aliphatic heterocycles. The molecule has 0 radical (unpaired) electrons. The van der Waals surface area contributed by atoms with E-state index >= 15 is 0 Å². The van der Waals surface area contributed by atoms with Crippen LogP contribution in [0.15, 0.2) is 12.1 Å². The highest BCUT2D eigenvalue weighted by molar-refractivity contribution is 14.1. The third-order valence-corrected chi connectivity index (χ3v) is 4.72. The number of rotatable bonds is 2. The number of carbonyl (C=O) groups is 1. The number of quaternary nitrogens is 1. The van der Waals surface area contributed by atoms with Crippen LogP contribution in [0.25, 0.3) is 0 Å². The number of piperidine rings is 1. The van der Waals surface area contributed by atoms with Crippen LogP contribution >= 0.6 is 45.2 Å². The maximum absolute atomic E-state index is 12.2. The highest BCUT2D eigenvalue weighted by Gasteiger charge is 2.34. The lowest BCUT2D eigenvalue weighted by molar-refractivity contribution is -0.675. The molecule has 0 saturated carbocycles. The van der Waals surface area contributed by atoms with E-state index in [2.05, 4.69) is 27.9 Å². The Bertz CT molecular complexity index is 499. The first-order chi connectivity index (χ1) is 8.91. The Hall–Kier alpha value is -0.0900. The fourth-order valence-corrected chi connectivity index (χ4v) is 4.07. The number of phenolic OH excluding ortho intramolecular Hbond substituents is 1. The lowest BCUT2D eigenvalue weighted by Gasteiger charge is -2.31. The van der Waals surface area contributed by atoms with Crippen molar-refractivity contribution >= 4 is 51.2 Å². The normalized spacial score (nSPS) is 23.1. The number of phenols is 1. The molecule has 0 bridgehead atoms. The summed E-state index contributed by atoms with van der Waals surface area (Å²) < 4.78 is 7.19. The van der Waals surface area contributed by atoms with Crippen molar-refractivity contribution in [2.75, 3.05) is 13.1 Å². The zero-order valence-corrected chi connectivity index (χ0v) is 14.9. The number of benzene rings is 1. The molecule has 0 aliphatic carbocycles. The molecule has 1 heterocycles. The fraction of sp³-hybridized carbons (Fsp3) is 0.462. The van der Waals surface area contributed by atoms with Crippen molar-refractivity contribution in [3.63, 3.8) is 0 Å². The quantitative estimate of drug-likeness (QED) is 0.494. The van der Waals surface area contributed by atoms with Crippen LogP contribution in [0, 0.1) is 7.14 Å². The van der Waals surface area contributed by atoms with Gasteiger partial charge in [-0.1, -0.05) is 0 Å². The Morgan fingerprint density at radius 2 is 2.21 bits per heavy atom. The molecule has 104 valence electrons. The Labute approximate surface area is 139 Å². The van der Waals surface area contributed by atoms with E-state index in [1.54, 1.807) is 6.07 Å². The molecule has 1 aromatic carbocycles. The average molecular weight is 488 g/mol. The van der Waals surface area contributed by atoms with Crippen LogP contribution < -0.4 is 5.32 Å². The van der Waals surface area contributed by atoms with Gasteiger partial charge in [0, 0.05) is 9.99 Å². The number of aromatic hydroxyl groups is 1. The van der Waals surface area contributed by atoms with E-state index in [1.165, 1.54) is 0 Å². The van der Waals surface area contributed by atoms with Gasteiger partial charge < -0.3 is 15.2 Å². The van der Waals surface area contributed by atoms with Gasteiger partial charge in [0.1, 0.15) is 17.9 Å². The van der Waals surface area contributed by atoms with Crippen LogP contribution in [0.2, 0.25) is 0 Å². The van der Waals surface area contributed by atoms with Gasteiger partial charge in [0.05, 0.1) is 10.1 Å². The summed E-state index contributed by atoms with van der Waals surface area (Å²) in [6.45, 7) is 3.82. The minimum Gasteiger partial charge on any atom is -0.506 e. The number of carbonyl (C=O) groups excluding carboxylic acids is 1. The summed E-state index contributed by atoms with van der Waals surface area (Å²) in [6, 6.07) is 3.49. The third kappa shape index (κ3) is 3.72. The number of nitrogens with two attached hydrogens (primary N) is 1. The van der Waals surface area contributed by atoms with Crippen LogP contribution in [0.3, 0.4) is 0 Å². The molecule has 19 heavy (non-hydrogen) atoms. The van der Waals surface area contributed by atoms with E-state index in [0.717, 1.165) is 29.5 Å². The number of hydrogen-bond donors (Lipinski definition) is 2. The summed E-state index contributed by atoms with van der Waals surface area (Å²) in [4.78, 5) is 12.2. The van der Waals surface area contributed by atoms with Crippen LogP contribution in [0.5, 0.6) is 5.75 Å². The Balaban J connectivity index is 2.20. The van der Waals surface area contributed by atoms with Gasteiger partial charge in [-0.05, 0) is 70.7 Å². The first kappa shape index (κ1) is 15.3. The van der Waals surface area contributed by atoms with Crippen LogP contribution in [0.4, 0.5) is 0 Å². The average Bonchev–Trinajstić information content (AvgIpc) is 2.34. The zero-order valence-electron chi connectivity index (χ0n) is 10.6. The van der Waals surface area contributed by atoms with Crippen molar-refractivity contribution in [3.8, 4) is 5.75 Å². The van der Waals surface area contributed by atoms with Gasteiger partial charge >= 0.3 is 5.97 Å². The number of hydrogen-bond acceptors (Lipinski definition) is 3. The highest BCUT2D eigenvalue weighted by Crippen LogP contribution is 2.29. The molecular weight excluding hydrogens is 472 g/mol. The molecule has 0 amide bonds. The summed E-state index contributed by atoms with van der Waals surface area (Å²) in [5.74, 6) is -0.430. The van der Waals surface area contributed by atoms with E-state index in [1.807, 2.05) is 35.6 Å². The Morgan fingerprint density at radius 1 is 1.47 bits per heavy atom. The minimum absolute atomic E-state index is 0.00871.